The SMILES string of the molecule is C=C(COc1cc(-c2ccccc2)no1)c1ccc(C(=O)OC)cc1. The molecule has 1 aromatic heterocycles. The van der Waals surface area contributed by atoms with Crippen LogP contribution < -0.4 is 4.74 Å². The van der Waals surface area contributed by atoms with E-state index in [4.69, 9.17) is 9.26 Å². The number of methoxy groups -OCH3 is 1. The van der Waals surface area contributed by atoms with Crippen LogP contribution in [0.5, 0.6) is 5.95 Å². The van der Waals surface area contributed by atoms with E-state index in [0.29, 0.717) is 17.2 Å². The van der Waals surface area contributed by atoms with Crippen molar-refractivity contribution in [1.29, 1.82) is 0 Å². The summed E-state index contributed by atoms with van der Waals surface area (Å²) >= 11 is 0. The van der Waals surface area contributed by atoms with E-state index in [1.807, 2.05) is 30.3 Å². The molecule has 0 aliphatic heterocycles. The Morgan fingerprint density at radius 3 is 2.44 bits per heavy atom. The van der Waals surface area contributed by atoms with Crippen LogP contribution in [0.2, 0.25) is 0 Å². The van der Waals surface area contributed by atoms with E-state index in [0.717, 1.165) is 16.7 Å². The maximum absolute atomic E-state index is 11.4. The van der Waals surface area contributed by atoms with Crippen LogP contribution in [0.1, 0.15) is 15.9 Å². The van der Waals surface area contributed by atoms with Crippen LogP contribution in [0, 0.1) is 0 Å². The van der Waals surface area contributed by atoms with Crippen molar-refractivity contribution in [2.45, 2.75) is 0 Å². The van der Waals surface area contributed by atoms with Crippen LogP contribution in [0.15, 0.2) is 71.8 Å². The molecule has 0 atom stereocenters. The second kappa shape index (κ2) is 7.49. The number of ether oxygens (including phenoxy) is 2. The number of carbonyl (C=O) groups excluding carboxylic acids is 1. The predicted octanol–water partition coefficient (Wildman–Crippen LogP) is 4.22. The second-order valence-electron chi connectivity index (χ2n) is 5.36. The van der Waals surface area contributed by atoms with Gasteiger partial charge >= 0.3 is 11.9 Å². The first-order chi connectivity index (χ1) is 12.2. The Bertz CT molecular complexity index is 866. The molecular formula is C20H17NO4. The molecular weight excluding hydrogens is 318 g/mol. The maximum Gasteiger partial charge on any atom is 0.337 e. The van der Waals surface area contributed by atoms with Gasteiger partial charge in [-0.15, -0.1) is 0 Å². The van der Waals surface area contributed by atoms with Crippen LogP contribution >= 0.6 is 0 Å². The monoisotopic (exact) mass is 335 g/mol. The molecule has 0 bridgehead atoms. The summed E-state index contributed by atoms with van der Waals surface area (Å²) in [5.41, 5.74) is 3.79. The largest absolute Gasteiger partial charge is 0.465 e. The third kappa shape index (κ3) is 3.95. The van der Waals surface area contributed by atoms with Gasteiger partial charge in [-0.05, 0) is 23.3 Å². The highest BCUT2D eigenvalue weighted by Crippen LogP contribution is 2.24. The first-order valence-electron chi connectivity index (χ1n) is 7.69. The van der Waals surface area contributed by atoms with E-state index in [2.05, 4.69) is 16.5 Å². The summed E-state index contributed by atoms with van der Waals surface area (Å²) in [6.07, 6.45) is 0. The lowest BCUT2D eigenvalue weighted by Gasteiger charge is -2.07. The minimum absolute atomic E-state index is 0.251. The van der Waals surface area contributed by atoms with Crippen molar-refractivity contribution >= 4 is 11.5 Å². The second-order valence-corrected chi connectivity index (χ2v) is 5.36. The first-order valence-corrected chi connectivity index (χ1v) is 7.69. The summed E-state index contributed by atoms with van der Waals surface area (Å²) in [5.74, 6) is -0.0466. The van der Waals surface area contributed by atoms with E-state index in [-0.39, 0.29) is 12.6 Å². The Balaban J connectivity index is 1.61. The van der Waals surface area contributed by atoms with Crippen LogP contribution in [-0.4, -0.2) is 24.8 Å². The number of carbonyl (C=O) groups is 1. The minimum Gasteiger partial charge on any atom is -0.465 e. The van der Waals surface area contributed by atoms with Crippen LogP contribution in [-0.2, 0) is 4.74 Å². The lowest BCUT2D eigenvalue weighted by atomic mass is 10.1. The molecule has 0 spiro atoms. The lowest BCUT2D eigenvalue weighted by molar-refractivity contribution is 0.0600. The molecule has 0 saturated carbocycles. The van der Waals surface area contributed by atoms with Crippen LogP contribution in [0.3, 0.4) is 0 Å². The number of hydrogen-bond donors (Lipinski definition) is 0. The lowest BCUT2D eigenvalue weighted by Crippen LogP contribution is -2.02. The Labute approximate surface area is 145 Å². The standard InChI is InChI=1S/C20H17NO4/c1-14(15-8-10-17(11-9-15)20(22)23-2)13-24-19-12-18(21-25-19)16-6-4-3-5-7-16/h3-12H,1,13H2,2H3. The molecule has 0 amide bonds. The van der Waals surface area contributed by atoms with Gasteiger partial charge in [0.2, 0.25) is 0 Å². The van der Waals surface area contributed by atoms with Crippen molar-refractivity contribution < 1.29 is 18.8 Å². The Hall–Kier alpha value is -3.34. The fourth-order valence-electron chi connectivity index (χ4n) is 2.27. The van der Waals surface area contributed by atoms with Gasteiger partial charge in [0.1, 0.15) is 12.3 Å². The number of rotatable bonds is 6. The fourth-order valence-corrected chi connectivity index (χ4v) is 2.27. The molecule has 0 aliphatic rings. The average molecular weight is 335 g/mol. The van der Waals surface area contributed by atoms with Gasteiger partial charge in [-0.2, -0.15) is 0 Å². The van der Waals surface area contributed by atoms with E-state index in [1.54, 1.807) is 30.3 Å². The van der Waals surface area contributed by atoms with Crippen LogP contribution in [0.25, 0.3) is 16.8 Å². The first kappa shape index (κ1) is 16.5. The molecule has 0 N–H and O–H groups in total. The Kier molecular flexibility index (Phi) is 4.95. The highest BCUT2D eigenvalue weighted by atomic mass is 16.6. The van der Waals surface area contributed by atoms with E-state index in [9.17, 15) is 4.79 Å². The zero-order valence-electron chi connectivity index (χ0n) is 13.8. The van der Waals surface area contributed by atoms with Gasteiger partial charge in [-0.25, -0.2) is 4.79 Å². The highest BCUT2D eigenvalue weighted by molar-refractivity contribution is 5.89. The highest BCUT2D eigenvalue weighted by Gasteiger charge is 2.09. The summed E-state index contributed by atoms with van der Waals surface area (Å²) in [6.45, 7) is 4.25. The number of benzene rings is 2. The van der Waals surface area contributed by atoms with Crippen molar-refractivity contribution in [3.8, 4) is 17.2 Å². The Morgan fingerprint density at radius 2 is 1.76 bits per heavy atom. The molecule has 0 saturated heterocycles. The van der Waals surface area contributed by atoms with Gasteiger partial charge in [0.05, 0.1) is 18.7 Å². The molecule has 0 unspecified atom stereocenters. The van der Waals surface area contributed by atoms with Crippen molar-refractivity contribution in [2.24, 2.45) is 0 Å². The number of nitrogens with zero attached hydrogens (tertiary/aromatic N) is 1. The summed E-state index contributed by atoms with van der Waals surface area (Å²) < 4.78 is 15.5. The van der Waals surface area contributed by atoms with Crippen LogP contribution in [0.4, 0.5) is 0 Å². The number of hydrogen-bond acceptors (Lipinski definition) is 5. The third-order valence-corrected chi connectivity index (χ3v) is 3.66. The zero-order valence-corrected chi connectivity index (χ0v) is 13.8. The molecule has 0 fully saturated rings. The van der Waals surface area contributed by atoms with E-state index in [1.165, 1.54) is 7.11 Å². The van der Waals surface area contributed by atoms with Crippen molar-refractivity contribution in [1.82, 2.24) is 5.16 Å². The fraction of sp³-hybridized carbons (Fsp3) is 0.100. The quantitative estimate of drug-likeness (QED) is 0.631. The molecule has 0 radical (unpaired) electrons. The average Bonchev–Trinajstić information content (AvgIpc) is 3.15. The number of esters is 1. The summed E-state index contributed by atoms with van der Waals surface area (Å²) in [7, 11) is 1.35. The van der Waals surface area contributed by atoms with Gasteiger partial charge in [0, 0.05) is 5.56 Å². The minimum atomic E-state index is -0.372. The molecule has 3 rings (SSSR count). The molecule has 3 aromatic rings. The Morgan fingerprint density at radius 1 is 1.08 bits per heavy atom. The van der Waals surface area contributed by atoms with Gasteiger partial charge in [-0.1, -0.05) is 54.2 Å². The van der Waals surface area contributed by atoms with E-state index >= 15 is 0 Å². The molecule has 25 heavy (non-hydrogen) atoms. The molecule has 0 aliphatic carbocycles. The molecule has 5 nitrogen and oxygen atoms in total. The summed E-state index contributed by atoms with van der Waals surface area (Å²) in [5, 5.41) is 4.00. The normalized spacial score (nSPS) is 10.3. The van der Waals surface area contributed by atoms with Gasteiger partial charge < -0.3 is 14.0 Å². The summed E-state index contributed by atoms with van der Waals surface area (Å²) in [4.78, 5) is 11.4. The van der Waals surface area contributed by atoms with Gasteiger partial charge in [-0.3, -0.25) is 0 Å². The number of aromatic nitrogens is 1. The maximum atomic E-state index is 11.4. The van der Waals surface area contributed by atoms with E-state index < -0.39 is 0 Å². The van der Waals surface area contributed by atoms with Crippen molar-refractivity contribution in [3.63, 3.8) is 0 Å². The van der Waals surface area contributed by atoms with Crippen molar-refractivity contribution in [2.75, 3.05) is 13.7 Å². The third-order valence-electron chi connectivity index (χ3n) is 3.66. The molecule has 1 heterocycles. The molecule has 2 aromatic carbocycles. The van der Waals surface area contributed by atoms with Gasteiger partial charge in [0.15, 0.2) is 0 Å². The molecule has 5 heteroatoms. The zero-order chi connectivity index (χ0) is 17.6. The van der Waals surface area contributed by atoms with Gasteiger partial charge in [0.25, 0.3) is 0 Å². The molecule has 126 valence electrons. The smallest absolute Gasteiger partial charge is 0.337 e. The topological polar surface area (TPSA) is 61.6 Å². The summed E-state index contributed by atoms with van der Waals surface area (Å²) in [6, 6.07) is 18.4. The van der Waals surface area contributed by atoms with Crippen molar-refractivity contribution in [3.05, 3.63) is 78.4 Å². The predicted molar refractivity (Wildman–Crippen MR) is 94.2 cm³/mol.